The molecule has 4 heteroatoms. The first kappa shape index (κ1) is 14.0. The molecular weight excluding hydrogens is 245 g/mol. The number of ketones is 1. The van der Waals surface area contributed by atoms with Crippen LogP contribution in [-0.4, -0.2) is 30.4 Å². The van der Waals surface area contributed by atoms with Gasteiger partial charge in [0, 0.05) is 19.0 Å². The van der Waals surface area contributed by atoms with Crippen molar-refractivity contribution in [2.75, 3.05) is 13.7 Å². The van der Waals surface area contributed by atoms with Crippen LogP contribution in [0.25, 0.3) is 0 Å². The van der Waals surface area contributed by atoms with E-state index in [9.17, 15) is 9.18 Å². The minimum atomic E-state index is -0.331. The van der Waals surface area contributed by atoms with Crippen molar-refractivity contribution in [3.8, 4) is 5.75 Å². The van der Waals surface area contributed by atoms with E-state index in [1.807, 2.05) is 6.07 Å². The van der Waals surface area contributed by atoms with E-state index in [4.69, 9.17) is 4.74 Å². The zero-order chi connectivity index (χ0) is 13.8. The quantitative estimate of drug-likeness (QED) is 0.820. The van der Waals surface area contributed by atoms with Crippen molar-refractivity contribution >= 4 is 5.78 Å². The average molecular weight is 265 g/mol. The number of likely N-dealkylation sites (tertiary alicyclic amines) is 1. The van der Waals surface area contributed by atoms with Crippen molar-refractivity contribution in [2.45, 2.75) is 38.8 Å². The molecule has 0 bridgehead atoms. The van der Waals surface area contributed by atoms with Gasteiger partial charge in [0.2, 0.25) is 0 Å². The predicted molar refractivity (Wildman–Crippen MR) is 71.7 cm³/mol. The Hall–Kier alpha value is -1.42. The number of halogens is 1. The summed E-state index contributed by atoms with van der Waals surface area (Å²) in [7, 11) is 1.46. The number of benzene rings is 1. The second kappa shape index (κ2) is 6.15. The Labute approximate surface area is 113 Å². The molecule has 0 aromatic heterocycles. The highest BCUT2D eigenvalue weighted by Crippen LogP contribution is 2.24. The third-order valence-electron chi connectivity index (χ3n) is 3.62. The van der Waals surface area contributed by atoms with Gasteiger partial charge >= 0.3 is 0 Å². The highest BCUT2D eigenvalue weighted by atomic mass is 19.1. The maximum atomic E-state index is 13.6. The first-order chi connectivity index (χ1) is 9.10. The molecule has 104 valence electrons. The van der Waals surface area contributed by atoms with Crippen LogP contribution in [0.1, 0.15) is 31.7 Å². The van der Waals surface area contributed by atoms with Crippen LogP contribution in [0.5, 0.6) is 5.75 Å². The molecule has 0 radical (unpaired) electrons. The highest BCUT2D eigenvalue weighted by molar-refractivity contribution is 5.76. The van der Waals surface area contributed by atoms with E-state index in [0.717, 1.165) is 24.9 Å². The van der Waals surface area contributed by atoms with Crippen LogP contribution in [0.15, 0.2) is 18.2 Å². The molecule has 1 aromatic carbocycles. The largest absolute Gasteiger partial charge is 0.494 e. The second-order valence-electron chi connectivity index (χ2n) is 5.14. The molecule has 0 N–H and O–H groups in total. The highest BCUT2D eigenvalue weighted by Gasteiger charge is 2.25. The Morgan fingerprint density at radius 2 is 2.32 bits per heavy atom. The molecule has 0 spiro atoms. The maximum Gasteiger partial charge on any atom is 0.165 e. The molecule has 1 heterocycles. The Bertz CT molecular complexity index is 461. The van der Waals surface area contributed by atoms with Crippen LogP contribution >= 0.6 is 0 Å². The Morgan fingerprint density at radius 1 is 1.53 bits per heavy atom. The van der Waals surface area contributed by atoms with Crippen molar-refractivity contribution in [3.63, 3.8) is 0 Å². The van der Waals surface area contributed by atoms with Crippen molar-refractivity contribution in [1.82, 2.24) is 4.90 Å². The summed E-state index contributed by atoms with van der Waals surface area (Å²) in [5, 5.41) is 0. The molecule has 1 atom stereocenters. The molecule has 1 aliphatic heterocycles. The van der Waals surface area contributed by atoms with Crippen molar-refractivity contribution in [3.05, 3.63) is 29.6 Å². The van der Waals surface area contributed by atoms with Crippen LogP contribution in [0.3, 0.4) is 0 Å². The summed E-state index contributed by atoms with van der Waals surface area (Å²) in [4.78, 5) is 13.5. The Balaban J connectivity index is 2.03. The van der Waals surface area contributed by atoms with Crippen molar-refractivity contribution in [1.29, 1.82) is 0 Å². The van der Waals surface area contributed by atoms with Crippen LogP contribution in [0.4, 0.5) is 4.39 Å². The van der Waals surface area contributed by atoms with Crippen molar-refractivity contribution in [2.24, 2.45) is 0 Å². The van der Waals surface area contributed by atoms with Gasteiger partial charge in [-0.2, -0.15) is 0 Å². The molecule has 0 aliphatic carbocycles. The standard InChI is InChI=1S/C15H20FNO2/c1-11(18)8-13-4-3-7-17(13)10-12-5-6-15(19-2)14(16)9-12/h5-6,9,13H,3-4,7-8,10H2,1-2H3. The van der Waals surface area contributed by atoms with Crippen LogP contribution in [0.2, 0.25) is 0 Å². The fraction of sp³-hybridized carbons (Fsp3) is 0.533. The van der Waals surface area contributed by atoms with Gasteiger partial charge in [0.15, 0.2) is 11.6 Å². The molecule has 2 rings (SSSR count). The van der Waals surface area contributed by atoms with Crippen LogP contribution in [-0.2, 0) is 11.3 Å². The summed E-state index contributed by atoms with van der Waals surface area (Å²) in [6, 6.07) is 5.36. The molecule has 1 saturated heterocycles. The molecule has 3 nitrogen and oxygen atoms in total. The number of carbonyl (C=O) groups excluding carboxylic acids is 1. The monoisotopic (exact) mass is 265 g/mol. The molecule has 19 heavy (non-hydrogen) atoms. The van der Waals surface area contributed by atoms with Crippen molar-refractivity contribution < 1.29 is 13.9 Å². The SMILES string of the molecule is COc1ccc(CN2CCCC2CC(C)=O)cc1F. The van der Waals surface area contributed by atoms with Gasteiger partial charge in [-0.05, 0) is 44.0 Å². The normalized spacial score (nSPS) is 19.6. The van der Waals surface area contributed by atoms with Gasteiger partial charge in [0.25, 0.3) is 0 Å². The summed E-state index contributed by atoms with van der Waals surface area (Å²) in [5.41, 5.74) is 0.925. The summed E-state index contributed by atoms with van der Waals surface area (Å²) in [6.45, 7) is 3.30. The van der Waals surface area contributed by atoms with E-state index in [1.165, 1.54) is 13.2 Å². The number of carbonyl (C=O) groups is 1. The first-order valence-electron chi connectivity index (χ1n) is 6.66. The van der Waals surface area contributed by atoms with Gasteiger partial charge in [-0.3, -0.25) is 9.69 Å². The predicted octanol–water partition coefficient (Wildman–Crippen LogP) is 2.78. The van der Waals surface area contributed by atoms with E-state index in [2.05, 4.69) is 4.90 Å². The number of Topliss-reactive ketones (excluding diaryl/α,β-unsaturated/α-hetero) is 1. The van der Waals surface area contributed by atoms with E-state index in [1.54, 1.807) is 13.0 Å². The number of ether oxygens (including phenoxy) is 1. The molecule has 1 aliphatic rings. The molecular formula is C15H20FNO2. The lowest BCUT2D eigenvalue weighted by molar-refractivity contribution is -0.118. The van der Waals surface area contributed by atoms with E-state index < -0.39 is 0 Å². The maximum absolute atomic E-state index is 13.6. The Morgan fingerprint density at radius 3 is 2.95 bits per heavy atom. The minimum absolute atomic E-state index is 0.220. The van der Waals surface area contributed by atoms with Gasteiger partial charge in [0.1, 0.15) is 5.78 Å². The number of hydrogen-bond acceptors (Lipinski definition) is 3. The lowest BCUT2D eigenvalue weighted by atomic mass is 10.1. The van der Waals surface area contributed by atoms with E-state index in [-0.39, 0.29) is 17.3 Å². The summed E-state index contributed by atoms with van der Waals surface area (Å²) in [5.74, 6) is 0.158. The number of nitrogens with zero attached hydrogens (tertiary/aromatic N) is 1. The average Bonchev–Trinajstić information content (AvgIpc) is 2.76. The minimum Gasteiger partial charge on any atom is -0.494 e. The van der Waals surface area contributed by atoms with Crippen LogP contribution < -0.4 is 4.74 Å². The number of methoxy groups -OCH3 is 1. The van der Waals surface area contributed by atoms with Crippen LogP contribution in [0, 0.1) is 5.82 Å². The molecule has 0 amide bonds. The summed E-state index contributed by atoms with van der Waals surface area (Å²) < 4.78 is 18.5. The lowest BCUT2D eigenvalue weighted by Crippen LogP contribution is -2.30. The van der Waals surface area contributed by atoms with Gasteiger partial charge < -0.3 is 4.74 Å². The number of rotatable bonds is 5. The van der Waals surface area contributed by atoms with Gasteiger partial charge in [-0.25, -0.2) is 4.39 Å². The van der Waals surface area contributed by atoms with E-state index in [0.29, 0.717) is 19.0 Å². The molecule has 1 unspecified atom stereocenters. The smallest absolute Gasteiger partial charge is 0.165 e. The lowest BCUT2D eigenvalue weighted by Gasteiger charge is -2.23. The third-order valence-corrected chi connectivity index (χ3v) is 3.62. The topological polar surface area (TPSA) is 29.5 Å². The molecule has 0 saturated carbocycles. The third kappa shape index (κ3) is 3.53. The second-order valence-corrected chi connectivity index (χ2v) is 5.14. The van der Waals surface area contributed by atoms with Gasteiger partial charge in [-0.1, -0.05) is 6.07 Å². The van der Waals surface area contributed by atoms with E-state index >= 15 is 0 Å². The van der Waals surface area contributed by atoms with Gasteiger partial charge in [0.05, 0.1) is 7.11 Å². The Kier molecular flexibility index (Phi) is 4.53. The van der Waals surface area contributed by atoms with Gasteiger partial charge in [-0.15, -0.1) is 0 Å². The summed E-state index contributed by atoms with van der Waals surface area (Å²) in [6.07, 6.45) is 2.76. The molecule has 1 fully saturated rings. The fourth-order valence-corrected chi connectivity index (χ4v) is 2.71. The zero-order valence-corrected chi connectivity index (χ0v) is 11.5. The zero-order valence-electron chi connectivity index (χ0n) is 11.5. The first-order valence-corrected chi connectivity index (χ1v) is 6.66. The number of hydrogen-bond donors (Lipinski definition) is 0. The molecule has 1 aromatic rings. The summed E-state index contributed by atoms with van der Waals surface area (Å²) >= 11 is 0. The fourth-order valence-electron chi connectivity index (χ4n) is 2.71.